The fourth-order valence-corrected chi connectivity index (χ4v) is 4.80. The van der Waals surface area contributed by atoms with Crippen LogP contribution >= 0.6 is 12.4 Å². The SMILES string of the molecule is CC1CCNCC1NC(=O)CCNS(=O)(=O)c1ccc2c(c1)CCCC2.Cl. The van der Waals surface area contributed by atoms with Crippen LogP contribution in [0.4, 0.5) is 0 Å². The third-order valence-corrected chi connectivity index (χ3v) is 6.91. The molecule has 3 rings (SSSR count). The van der Waals surface area contributed by atoms with Gasteiger partial charge in [-0.05, 0) is 67.8 Å². The van der Waals surface area contributed by atoms with E-state index in [1.165, 1.54) is 12.0 Å². The average molecular weight is 416 g/mol. The second kappa shape index (κ2) is 9.87. The van der Waals surface area contributed by atoms with Crippen LogP contribution in [0.1, 0.15) is 43.7 Å². The minimum absolute atomic E-state index is 0. The first-order valence-electron chi connectivity index (χ1n) is 9.57. The molecule has 0 spiro atoms. The van der Waals surface area contributed by atoms with Gasteiger partial charge in [0.1, 0.15) is 0 Å². The Labute approximate surface area is 168 Å². The predicted molar refractivity (Wildman–Crippen MR) is 109 cm³/mol. The normalized spacial score (nSPS) is 22.4. The summed E-state index contributed by atoms with van der Waals surface area (Å²) in [6, 6.07) is 5.50. The first kappa shape index (κ1) is 22.1. The van der Waals surface area contributed by atoms with Gasteiger partial charge in [-0.3, -0.25) is 4.79 Å². The minimum atomic E-state index is -3.58. The molecule has 1 aromatic rings. The summed E-state index contributed by atoms with van der Waals surface area (Å²) < 4.78 is 27.5. The smallest absolute Gasteiger partial charge is 0.240 e. The van der Waals surface area contributed by atoms with Crippen LogP contribution in [0.2, 0.25) is 0 Å². The van der Waals surface area contributed by atoms with E-state index in [4.69, 9.17) is 0 Å². The van der Waals surface area contributed by atoms with Gasteiger partial charge in [0.05, 0.1) is 4.90 Å². The second-order valence-corrected chi connectivity index (χ2v) is 9.20. The zero-order valence-corrected chi connectivity index (χ0v) is 17.4. The van der Waals surface area contributed by atoms with Crippen LogP contribution in [0.15, 0.2) is 23.1 Å². The molecule has 1 aromatic carbocycles. The first-order valence-corrected chi connectivity index (χ1v) is 11.1. The lowest BCUT2D eigenvalue weighted by atomic mass is 9.92. The van der Waals surface area contributed by atoms with Crippen LogP contribution in [0.5, 0.6) is 0 Å². The van der Waals surface area contributed by atoms with Crippen LogP contribution in [0, 0.1) is 5.92 Å². The molecule has 1 amide bonds. The summed E-state index contributed by atoms with van der Waals surface area (Å²) in [6.07, 6.45) is 5.43. The Hall–Kier alpha value is -1.15. The molecule has 2 aliphatic rings. The zero-order chi connectivity index (χ0) is 18.6. The van der Waals surface area contributed by atoms with Crippen LogP contribution in [0.3, 0.4) is 0 Å². The number of hydrogen-bond acceptors (Lipinski definition) is 4. The van der Waals surface area contributed by atoms with E-state index in [-0.39, 0.29) is 37.3 Å². The molecule has 1 aliphatic heterocycles. The summed E-state index contributed by atoms with van der Waals surface area (Å²) >= 11 is 0. The highest BCUT2D eigenvalue weighted by Gasteiger charge is 2.23. The number of carbonyl (C=O) groups is 1. The Balaban J connectivity index is 0.00000261. The van der Waals surface area contributed by atoms with Gasteiger partial charge in [0, 0.05) is 25.6 Å². The molecule has 2 atom stereocenters. The quantitative estimate of drug-likeness (QED) is 0.660. The van der Waals surface area contributed by atoms with Crippen molar-refractivity contribution in [1.82, 2.24) is 15.4 Å². The predicted octanol–water partition coefficient (Wildman–Crippen LogP) is 1.77. The summed E-state index contributed by atoms with van der Waals surface area (Å²) in [6.45, 7) is 3.99. The minimum Gasteiger partial charge on any atom is -0.352 e. The summed E-state index contributed by atoms with van der Waals surface area (Å²) in [4.78, 5) is 12.4. The Bertz CT molecular complexity index is 755. The number of carbonyl (C=O) groups excluding carboxylic acids is 1. The third-order valence-electron chi connectivity index (χ3n) is 5.45. The molecule has 6 nitrogen and oxygen atoms in total. The van der Waals surface area contributed by atoms with Crippen LogP contribution in [-0.4, -0.2) is 40.0 Å². The van der Waals surface area contributed by atoms with E-state index in [9.17, 15) is 13.2 Å². The molecule has 0 radical (unpaired) electrons. The monoisotopic (exact) mass is 415 g/mol. The van der Waals surface area contributed by atoms with Gasteiger partial charge in [-0.15, -0.1) is 12.4 Å². The summed E-state index contributed by atoms with van der Waals surface area (Å²) in [5.41, 5.74) is 2.39. The van der Waals surface area contributed by atoms with Crippen LogP contribution < -0.4 is 15.4 Å². The number of aryl methyl sites for hydroxylation is 2. The molecular weight excluding hydrogens is 386 g/mol. The lowest BCUT2D eigenvalue weighted by molar-refractivity contribution is -0.122. The van der Waals surface area contributed by atoms with Crippen molar-refractivity contribution in [2.24, 2.45) is 5.92 Å². The van der Waals surface area contributed by atoms with Gasteiger partial charge in [0.25, 0.3) is 0 Å². The Morgan fingerprint density at radius 2 is 1.96 bits per heavy atom. The third kappa shape index (κ3) is 5.91. The molecular formula is C19H30ClN3O3S. The van der Waals surface area contributed by atoms with Crippen molar-refractivity contribution < 1.29 is 13.2 Å². The number of hydrogen-bond donors (Lipinski definition) is 3. The van der Waals surface area contributed by atoms with Crippen molar-refractivity contribution in [2.75, 3.05) is 19.6 Å². The van der Waals surface area contributed by atoms with Crippen molar-refractivity contribution in [3.63, 3.8) is 0 Å². The number of halogens is 1. The molecule has 0 aromatic heterocycles. The van der Waals surface area contributed by atoms with E-state index in [2.05, 4.69) is 22.3 Å². The summed E-state index contributed by atoms with van der Waals surface area (Å²) in [7, 11) is -3.58. The maximum Gasteiger partial charge on any atom is 0.240 e. The van der Waals surface area contributed by atoms with Crippen molar-refractivity contribution in [1.29, 1.82) is 0 Å². The van der Waals surface area contributed by atoms with Crippen LogP contribution in [-0.2, 0) is 27.7 Å². The molecule has 0 bridgehead atoms. The number of nitrogens with one attached hydrogen (secondary N) is 3. The Kier molecular flexibility index (Phi) is 8.09. The Morgan fingerprint density at radius 3 is 2.70 bits per heavy atom. The average Bonchev–Trinajstić information content (AvgIpc) is 2.63. The van der Waals surface area contributed by atoms with Crippen molar-refractivity contribution in [3.05, 3.63) is 29.3 Å². The summed E-state index contributed by atoms with van der Waals surface area (Å²) in [5.74, 6) is 0.325. The highest BCUT2D eigenvalue weighted by Crippen LogP contribution is 2.24. The number of piperidine rings is 1. The van der Waals surface area contributed by atoms with E-state index < -0.39 is 10.0 Å². The van der Waals surface area contributed by atoms with Crippen molar-refractivity contribution in [3.8, 4) is 0 Å². The molecule has 2 unspecified atom stereocenters. The number of fused-ring (bicyclic) bond motifs is 1. The fourth-order valence-electron chi connectivity index (χ4n) is 3.72. The highest BCUT2D eigenvalue weighted by molar-refractivity contribution is 7.89. The lowest BCUT2D eigenvalue weighted by Gasteiger charge is -2.30. The number of sulfonamides is 1. The Morgan fingerprint density at radius 1 is 1.22 bits per heavy atom. The maximum absolute atomic E-state index is 12.5. The second-order valence-electron chi connectivity index (χ2n) is 7.43. The number of benzene rings is 1. The molecule has 1 aliphatic carbocycles. The molecule has 8 heteroatoms. The van der Waals surface area contributed by atoms with Crippen molar-refractivity contribution >= 4 is 28.3 Å². The zero-order valence-electron chi connectivity index (χ0n) is 15.8. The standard InChI is InChI=1S/C19H29N3O3S.ClH/c1-14-8-10-20-13-18(14)22-19(23)9-11-21-26(24,25)17-7-6-15-4-2-3-5-16(15)12-17;/h6-7,12,14,18,20-21H,2-5,8-11,13H2,1H3,(H,22,23);1H. The molecule has 0 saturated carbocycles. The lowest BCUT2D eigenvalue weighted by Crippen LogP contribution is -2.50. The van der Waals surface area contributed by atoms with Crippen LogP contribution in [0.25, 0.3) is 0 Å². The molecule has 27 heavy (non-hydrogen) atoms. The van der Waals surface area contributed by atoms with E-state index in [1.807, 2.05) is 6.07 Å². The molecule has 1 heterocycles. The molecule has 1 fully saturated rings. The van der Waals surface area contributed by atoms with E-state index >= 15 is 0 Å². The van der Waals surface area contributed by atoms with Gasteiger partial charge in [0.15, 0.2) is 0 Å². The molecule has 1 saturated heterocycles. The van der Waals surface area contributed by atoms with E-state index in [0.29, 0.717) is 10.8 Å². The topological polar surface area (TPSA) is 87.3 Å². The largest absolute Gasteiger partial charge is 0.352 e. The first-order chi connectivity index (χ1) is 12.5. The molecule has 3 N–H and O–H groups in total. The molecule has 152 valence electrons. The highest BCUT2D eigenvalue weighted by atomic mass is 35.5. The maximum atomic E-state index is 12.5. The van der Waals surface area contributed by atoms with E-state index in [0.717, 1.165) is 44.3 Å². The van der Waals surface area contributed by atoms with Gasteiger partial charge < -0.3 is 10.6 Å². The van der Waals surface area contributed by atoms with Gasteiger partial charge in [-0.2, -0.15) is 0 Å². The van der Waals surface area contributed by atoms with Crippen molar-refractivity contribution in [2.45, 2.75) is 56.4 Å². The number of amides is 1. The van der Waals surface area contributed by atoms with E-state index in [1.54, 1.807) is 12.1 Å². The van der Waals surface area contributed by atoms with Gasteiger partial charge in [-0.1, -0.05) is 13.0 Å². The van der Waals surface area contributed by atoms with Gasteiger partial charge >= 0.3 is 0 Å². The van der Waals surface area contributed by atoms with Gasteiger partial charge in [0.2, 0.25) is 15.9 Å². The fraction of sp³-hybridized carbons (Fsp3) is 0.632. The summed E-state index contributed by atoms with van der Waals surface area (Å²) in [5, 5.41) is 6.27. The number of rotatable bonds is 6. The van der Waals surface area contributed by atoms with Gasteiger partial charge in [-0.25, -0.2) is 13.1 Å².